The van der Waals surface area contributed by atoms with Crippen molar-refractivity contribution in [3.8, 4) is 0 Å². The van der Waals surface area contributed by atoms with Gasteiger partial charge in [-0.15, -0.1) is 0 Å². The molecule has 0 saturated heterocycles. The first-order chi connectivity index (χ1) is 9.74. The minimum absolute atomic E-state index is 0.472. The van der Waals surface area contributed by atoms with E-state index in [-0.39, 0.29) is 0 Å². The smallest absolute Gasteiger partial charge is 0.0672 e. The predicted octanol–water partition coefficient (Wildman–Crippen LogP) is 3.87. The summed E-state index contributed by atoms with van der Waals surface area (Å²) in [5.74, 6) is 0.872. The molecule has 0 aliphatic heterocycles. The Balaban J connectivity index is 2.31. The third-order valence-electron chi connectivity index (χ3n) is 4.71. The number of hydrogen-bond donors (Lipinski definition) is 1. The molecule has 0 bridgehead atoms. The van der Waals surface area contributed by atoms with Crippen LogP contribution in [0, 0.1) is 5.92 Å². The van der Waals surface area contributed by atoms with Gasteiger partial charge in [-0.3, -0.25) is 4.68 Å². The second kappa shape index (κ2) is 7.26. The van der Waals surface area contributed by atoms with Crippen LogP contribution in [0.2, 0.25) is 0 Å². The second-order valence-corrected chi connectivity index (χ2v) is 6.01. The molecular weight excluding hydrogens is 246 g/mol. The minimum Gasteiger partial charge on any atom is -0.310 e. The van der Waals surface area contributed by atoms with Crippen LogP contribution >= 0.6 is 0 Å². The van der Waals surface area contributed by atoms with Gasteiger partial charge in [-0.25, -0.2) is 0 Å². The molecule has 1 aliphatic carbocycles. The van der Waals surface area contributed by atoms with Gasteiger partial charge in [0.1, 0.15) is 0 Å². The summed E-state index contributed by atoms with van der Waals surface area (Å²) in [6.07, 6.45) is 7.48. The van der Waals surface area contributed by atoms with E-state index in [1.165, 1.54) is 36.2 Å². The van der Waals surface area contributed by atoms with E-state index in [2.05, 4.69) is 37.7 Å². The molecule has 20 heavy (non-hydrogen) atoms. The Morgan fingerprint density at radius 2 is 1.95 bits per heavy atom. The largest absolute Gasteiger partial charge is 0.310 e. The normalized spacial score (nSPS) is 17.2. The fourth-order valence-electron chi connectivity index (χ4n) is 3.37. The first-order valence-corrected chi connectivity index (χ1v) is 8.56. The van der Waals surface area contributed by atoms with Gasteiger partial charge in [0.15, 0.2) is 0 Å². The fraction of sp³-hybridized carbons (Fsp3) is 0.824. The Kier molecular flexibility index (Phi) is 5.64. The van der Waals surface area contributed by atoms with E-state index in [1.807, 2.05) is 0 Å². The van der Waals surface area contributed by atoms with Crippen LogP contribution in [0.3, 0.4) is 0 Å². The van der Waals surface area contributed by atoms with Crippen molar-refractivity contribution < 1.29 is 0 Å². The summed E-state index contributed by atoms with van der Waals surface area (Å²) in [5.41, 5.74) is 4.29. The van der Waals surface area contributed by atoms with Gasteiger partial charge >= 0.3 is 0 Å². The molecule has 0 amide bonds. The second-order valence-electron chi connectivity index (χ2n) is 6.01. The number of hydrogen-bond acceptors (Lipinski definition) is 2. The lowest BCUT2D eigenvalue weighted by atomic mass is 9.85. The lowest BCUT2D eigenvalue weighted by molar-refractivity contribution is 0.263. The lowest BCUT2D eigenvalue weighted by Crippen LogP contribution is -2.23. The first kappa shape index (κ1) is 15.6. The quantitative estimate of drug-likeness (QED) is 0.782. The van der Waals surface area contributed by atoms with Gasteiger partial charge in [0.2, 0.25) is 0 Å². The number of aryl methyl sites for hydroxylation is 1. The number of nitrogens with zero attached hydrogens (tertiary/aromatic N) is 2. The molecule has 1 unspecified atom stereocenters. The van der Waals surface area contributed by atoms with E-state index in [0.29, 0.717) is 6.04 Å². The zero-order chi connectivity index (χ0) is 14.5. The van der Waals surface area contributed by atoms with Crippen LogP contribution in [-0.4, -0.2) is 16.3 Å². The number of aromatic nitrogens is 2. The van der Waals surface area contributed by atoms with E-state index in [1.54, 1.807) is 0 Å². The monoisotopic (exact) mass is 277 g/mol. The van der Waals surface area contributed by atoms with E-state index in [4.69, 9.17) is 5.10 Å². The molecule has 1 saturated carbocycles. The Morgan fingerprint density at radius 1 is 1.20 bits per heavy atom. The lowest BCUT2D eigenvalue weighted by Gasteiger charge is -2.26. The van der Waals surface area contributed by atoms with Gasteiger partial charge in [0.25, 0.3) is 0 Å². The van der Waals surface area contributed by atoms with Gasteiger partial charge in [-0.2, -0.15) is 5.10 Å². The van der Waals surface area contributed by atoms with Gasteiger partial charge in [-0.1, -0.05) is 34.1 Å². The molecule has 0 spiro atoms. The molecule has 1 aromatic rings. The topological polar surface area (TPSA) is 29.9 Å². The van der Waals surface area contributed by atoms with Crippen molar-refractivity contribution in [2.45, 2.75) is 78.8 Å². The highest BCUT2D eigenvalue weighted by Crippen LogP contribution is 2.31. The molecule has 1 heterocycles. The molecule has 2 rings (SSSR count). The molecule has 0 aromatic carbocycles. The molecule has 3 heteroatoms. The third kappa shape index (κ3) is 3.08. The molecule has 1 N–H and O–H groups in total. The Bertz CT molecular complexity index is 418. The van der Waals surface area contributed by atoms with Crippen molar-refractivity contribution in [2.24, 2.45) is 5.92 Å². The van der Waals surface area contributed by atoms with Crippen molar-refractivity contribution in [1.29, 1.82) is 0 Å². The molecule has 1 aliphatic rings. The SMILES string of the molecule is CCNC(CC)c1c(CC)nn(CC2CCC2)c1CC. The van der Waals surface area contributed by atoms with Crippen molar-refractivity contribution in [3.63, 3.8) is 0 Å². The molecule has 1 aromatic heterocycles. The van der Waals surface area contributed by atoms with Crippen LogP contribution in [0.4, 0.5) is 0 Å². The van der Waals surface area contributed by atoms with Gasteiger partial charge in [0.05, 0.1) is 5.69 Å². The fourth-order valence-corrected chi connectivity index (χ4v) is 3.37. The molecule has 1 fully saturated rings. The standard InChI is InChI=1S/C17H31N3/c1-5-14(18-8-4)17-15(6-2)19-20(16(17)7-3)12-13-10-9-11-13/h13-14,18H,5-12H2,1-4H3. The summed E-state index contributed by atoms with van der Waals surface area (Å²) in [7, 11) is 0. The first-order valence-electron chi connectivity index (χ1n) is 8.56. The van der Waals surface area contributed by atoms with Gasteiger partial charge in [-0.05, 0) is 44.6 Å². The van der Waals surface area contributed by atoms with Gasteiger partial charge < -0.3 is 5.32 Å². The van der Waals surface area contributed by atoms with Crippen LogP contribution in [-0.2, 0) is 19.4 Å². The van der Waals surface area contributed by atoms with E-state index in [0.717, 1.165) is 38.3 Å². The van der Waals surface area contributed by atoms with Crippen molar-refractivity contribution >= 4 is 0 Å². The molecule has 0 radical (unpaired) electrons. The number of rotatable bonds is 8. The van der Waals surface area contributed by atoms with Crippen LogP contribution in [0.5, 0.6) is 0 Å². The molecule has 1 atom stereocenters. The highest BCUT2D eigenvalue weighted by molar-refractivity contribution is 5.30. The molecule has 3 nitrogen and oxygen atoms in total. The summed E-state index contributed by atoms with van der Waals surface area (Å²) in [5, 5.41) is 8.59. The summed E-state index contributed by atoms with van der Waals surface area (Å²) in [6, 6.07) is 0.472. The van der Waals surface area contributed by atoms with Crippen molar-refractivity contribution in [3.05, 3.63) is 17.0 Å². The third-order valence-corrected chi connectivity index (χ3v) is 4.71. The van der Waals surface area contributed by atoms with Crippen LogP contribution in [0.15, 0.2) is 0 Å². The Labute approximate surface area is 124 Å². The highest BCUT2D eigenvalue weighted by atomic mass is 15.3. The van der Waals surface area contributed by atoms with Crippen LogP contribution in [0.25, 0.3) is 0 Å². The zero-order valence-corrected chi connectivity index (χ0v) is 13.7. The molecular formula is C17H31N3. The maximum absolute atomic E-state index is 4.95. The van der Waals surface area contributed by atoms with Crippen molar-refractivity contribution in [2.75, 3.05) is 6.54 Å². The summed E-state index contributed by atoms with van der Waals surface area (Å²) >= 11 is 0. The molecule has 114 valence electrons. The van der Waals surface area contributed by atoms with E-state index in [9.17, 15) is 0 Å². The van der Waals surface area contributed by atoms with E-state index < -0.39 is 0 Å². The highest BCUT2D eigenvalue weighted by Gasteiger charge is 2.25. The van der Waals surface area contributed by atoms with Crippen molar-refractivity contribution in [1.82, 2.24) is 15.1 Å². The van der Waals surface area contributed by atoms with E-state index >= 15 is 0 Å². The van der Waals surface area contributed by atoms with Crippen LogP contribution < -0.4 is 5.32 Å². The summed E-state index contributed by atoms with van der Waals surface area (Å²) in [4.78, 5) is 0. The summed E-state index contributed by atoms with van der Waals surface area (Å²) in [6.45, 7) is 11.1. The maximum Gasteiger partial charge on any atom is 0.0672 e. The number of nitrogens with one attached hydrogen (secondary N) is 1. The van der Waals surface area contributed by atoms with Crippen LogP contribution in [0.1, 0.15) is 76.4 Å². The Hall–Kier alpha value is -0.830. The summed E-state index contributed by atoms with van der Waals surface area (Å²) < 4.78 is 2.33. The average Bonchev–Trinajstić information content (AvgIpc) is 2.77. The maximum atomic E-state index is 4.95. The average molecular weight is 277 g/mol. The Morgan fingerprint density at radius 3 is 2.40 bits per heavy atom. The van der Waals surface area contributed by atoms with Gasteiger partial charge in [0, 0.05) is 23.8 Å². The minimum atomic E-state index is 0.472. The predicted molar refractivity (Wildman–Crippen MR) is 85.0 cm³/mol. The zero-order valence-electron chi connectivity index (χ0n) is 13.7.